The van der Waals surface area contributed by atoms with Crippen molar-refractivity contribution in [2.24, 2.45) is 0 Å². The maximum atomic E-state index is 12.8. The molecule has 0 aromatic carbocycles. The van der Waals surface area contributed by atoms with Crippen LogP contribution < -0.4 is 0 Å². The molecule has 0 radical (unpaired) electrons. The summed E-state index contributed by atoms with van der Waals surface area (Å²) in [6, 6.07) is 0. The quantitative estimate of drug-likeness (QED) is 0.0346. The fraction of sp³-hybridized carbons (Fsp3) is 0.825. The van der Waals surface area contributed by atoms with Gasteiger partial charge in [0.25, 0.3) is 0 Å². The predicted molar refractivity (Wildman–Crippen MR) is 270 cm³/mol. The van der Waals surface area contributed by atoms with Crippen molar-refractivity contribution < 1.29 is 23.8 Å². The monoisotopic (exact) mass is 869 g/mol. The summed E-state index contributed by atoms with van der Waals surface area (Å²) in [6.07, 6.45) is 65.5. The van der Waals surface area contributed by atoms with Crippen molar-refractivity contribution >= 4 is 11.9 Å². The lowest BCUT2D eigenvalue weighted by Crippen LogP contribution is -2.30. The molecular weight excluding hydrogens is 765 g/mol. The summed E-state index contributed by atoms with van der Waals surface area (Å²) in [5.41, 5.74) is 0. The average molecular weight is 869 g/mol. The van der Waals surface area contributed by atoms with Crippen LogP contribution in [0.3, 0.4) is 0 Å². The fourth-order valence-electron chi connectivity index (χ4n) is 7.86. The van der Waals surface area contributed by atoms with E-state index < -0.39 is 6.10 Å². The summed E-state index contributed by atoms with van der Waals surface area (Å²) >= 11 is 0. The molecule has 0 aliphatic carbocycles. The lowest BCUT2D eigenvalue weighted by molar-refractivity contribution is -0.163. The lowest BCUT2D eigenvalue weighted by atomic mass is 10.0. The molecule has 0 bridgehead atoms. The standard InChI is InChI=1S/C57H104O5/c1-4-7-10-13-16-19-22-25-28-29-31-32-35-38-41-44-47-50-56(58)61-54-55(53-60-52-49-46-43-40-37-34-27-24-21-18-15-12-9-6-3)62-57(59)51-48-45-42-39-36-33-30-26-23-20-17-14-11-8-5-2/h7,10,16,19,25,28,31-32,55H,4-6,8-9,11-15,17-18,20-24,26-27,29-30,33-54H2,1-3H3/b10-7-,19-16-,28-25-,32-31-. The molecule has 5 heteroatoms. The summed E-state index contributed by atoms with van der Waals surface area (Å²) in [7, 11) is 0. The van der Waals surface area contributed by atoms with Crippen LogP contribution in [0.5, 0.6) is 0 Å². The van der Waals surface area contributed by atoms with E-state index >= 15 is 0 Å². The molecule has 0 heterocycles. The molecule has 0 spiro atoms. The fourth-order valence-corrected chi connectivity index (χ4v) is 7.86. The van der Waals surface area contributed by atoms with Gasteiger partial charge in [-0.1, -0.05) is 256 Å². The highest BCUT2D eigenvalue weighted by atomic mass is 16.6. The molecule has 0 aliphatic heterocycles. The number of ether oxygens (including phenoxy) is 3. The summed E-state index contributed by atoms with van der Waals surface area (Å²) in [5.74, 6) is -0.409. The van der Waals surface area contributed by atoms with E-state index in [0.29, 0.717) is 19.4 Å². The molecule has 1 atom stereocenters. The van der Waals surface area contributed by atoms with Gasteiger partial charge in [-0.3, -0.25) is 9.59 Å². The van der Waals surface area contributed by atoms with Gasteiger partial charge in [-0.2, -0.15) is 0 Å². The van der Waals surface area contributed by atoms with Crippen molar-refractivity contribution in [3.8, 4) is 0 Å². The van der Waals surface area contributed by atoms with Crippen LogP contribution in [0, 0.1) is 0 Å². The number of carbonyl (C=O) groups excluding carboxylic acids is 2. The zero-order valence-corrected chi connectivity index (χ0v) is 41.6. The number of carbonyl (C=O) groups is 2. The minimum Gasteiger partial charge on any atom is -0.462 e. The van der Waals surface area contributed by atoms with Crippen LogP contribution in [0.1, 0.15) is 278 Å². The Labute approximate surface area is 386 Å². The van der Waals surface area contributed by atoms with Crippen LogP contribution >= 0.6 is 0 Å². The van der Waals surface area contributed by atoms with Crippen molar-refractivity contribution in [3.05, 3.63) is 48.6 Å². The second-order valence-corrected chi connectivity index (χ2v) is 18.1. The summed E-state index contributed by atoms with van der Waals surface area (Å²) in [5, 5.41) is 0. The van der Waals surface area contributed by atoms with Crippen molar-refractivity contribution in [2.75, 3.05) is 19.8 Å². The van der Waals surface area contributed by atoms with Gasteiger partial charge in [-0.05, 0) is 57.8 Å². The van der Waals surface area contributed by atoms with E-state index in [2.05, 4.69) is 69.4 Å². The third kappa shape index (κ3) is 50.5. The minimum absolute atomic E-state index is 0.0774. The first kappa shape index (κ1) is 59.9. The largest absolute Gasteiger partial charge is 0.462 e. The molecule has 1 unspecified atom stereocenters. The van der Waals surface area contributed by atoms with Gasteiger partial charge < -0.3 is 14.2 Å². The highest BCUT2D eigenvalue weighted by Gasteiger charge is 2.17. The molecule has 0 aliphatic rings. The minimum atomic E-state index is -0.541. The molecular formula is C57H104O5. The zero-order chi connectivity index (χ0) is 44.9. The molecule has 62 heavy (non-hydrogen) atoms. The number of hydrogen-bond donors (Lipinski definition) is 0. The zero-order valence-electron chi connectivity index (χ0n) is 41.6. The number of hydrogen-bond acceptors (Lipinski definition) is 5. The van der Waals surface area contributed by atoms with Gasteiger partial charge in [0.05, 0.1) is 6.61 Å². The Balaban J connectivity index is 4.28. The first-order valence-electron chi connectivity index (χ1n) is 27.2. The van der Waals surface area contributed by atoms with E-state index in [-0.39, 0.29) is 25.2 Å². The normalized spacial score (nSPS) is 12.5. The maximum absolute atomic E-state index is 12.8. The van der Waals surface area contributed by atoms with Crippen LogP contribution in [0.25, 0.3) is 0 Å². The van der Waals surface area contributed by atoms with Crippen LogP contribution in [0.4, 0.5) is 0 Å². The molecule has 0 aromatic heterocycles. The van der Waals surface area contributed by atoms with E-state index in [0.717, 1.165) is 77.0 Å². The number of allylic oxidation sites excluding steroid dienone is 8. The van der Waals surface area contributed by atoms with E-state index in [9.17, 15) is 9.59 Å². The Hall–Kier alpha value is -2.14. The lowest BCUT2D eigenvalue weighted by Gasteiger charge is -2.18. The Morgan fingerprint density at radius 3 is 1.16 bits per heavy atom. The Morgan fingerprint density at radius 2 is 0.726 bits per heavy atom. The molecule has 0 amide bonds. The smallest absolute Gasteiger partial charge is 0.306 e. The second-order valence-electron chi connectivity index (χ2n) is 18.1. The Morgan fingerprint density at radius 1 is 0.371 bits per heavy atom. The molecule has 0 saturated heterocycles. The van der Waals surface area contributed by atoms with Gasteiger partial charge in [0.1, 0.15) is 6.61 Å². The van der Waals surface area contributed by atoms with E-state index in [4.69, 9.17) is 14.2 Å². The molecule has 0 N–H and O–H groups in total. The van der Waals surface area contributed by atoms with Crippen LogP contribution in [0.2, 0.25) is 0 Å². The Bertz CT molecular complexity index is 1030. The topological polar surface area (TPSA) is 61.8 Å². The number of unbranched alkanes of at least 4 members (excludes halogenated alkanes) is 31. The second kappa shape index (κ2) is 53.2. The number of rotatable bonds is 50. The highest BCUT2D eigenvalue weighted by Crippen LogP contribution is 2.16. The third-order valence-corrected chi connectivity index (χ3v) is 11.9. The highest BCUT2D eigenvalue weighted by molar-refractivity contribution is 5.70. The van der Waals surface area contributed by atoms with Crippen LogP contribution in [0.15, 0.2) is 48.6 Å². The average Bonchev–Trinajstić information content (AvgIpc) is 3.27. The molecule has 0 rings (SSSR count). The van der Waals surface area contributed by atoms with Crippen molar-refractivity contribution in [1.29, 1.82) is 0 Å². The van der Waals surface area contributed by atoms with Crippen molar-refractivity contribution in [2.45, 2.75) is 284 Å². The van der Waals surface area contributed by atoms with Gasteiger partial charge in [-0.15, -0.1) is 0 Å². The summed E-state index contributed by atoms with van der Waals surface area (Å²) in [6.45, 7) is 7.74. The van der Waals surface area contributed by atoms with Gasteiger partial charge in [0.2, 0.25) is 0 Å². The predicted octanol–water partition coefficient (Wildman–Crippen LogP) is 18.3. The van der Waals surface area contributed by atoms with Crippen LogP contribution in [-0.2, 0) is 23.8 Å². The SMILES string of the molecule is CC/C=C\C/C=C\C/C=C\C/C=C\CCCCCCC(=O)OCC(COCCCCCCCCCCCCCCCC)OC(=O)CCCCCCCCCCCCCCCCC. The van der Waals surface area contributed by atoms with Gasteiger partial charge in [0.15, 0.2) is 6.10 Å². The first-order chi connectivity index (χ1) is 30.6. The van der Waals surface area contributed by atoms with Gasteiger partial charge in [-0.25, -0.2) is 0 Å². The molecule has 362 valence electrons. The Kier molecular flexibility index (Phi) is 51.4. The molecule has 0 aromatic rings. The van der Waals surface area contributed by atoms with Crippen molar-refractivity contribution in [3.63, 3.8) is 0 Å². The summed E-state index contributed by atoms with van der Waals surface area (Å²) < 4.78 is 17.4. The maximum Gasteiger partial charge on any atom is 0.306 e. The number of esters is 2. The van der Waals surface area contributed by atoms with Crippen molar-refractivity contribution in [1.82, 2.24) is 0 Å². The molecule has 5 nitrogen and oxygen atoms in total. The van der Waals surface area contributed by atoms with E-state index in [1.54, 1.807) is 0 Å². The first-order valence-corrected chi connectivity index (χ1v) is 27.2. The van der Waals surface area contributed by atoms with Gasteiger partial charge >= 0.3 is 11.9 Å². The van der Waals surface area contributed by atoms with E-state index in [1.165, 1.54) is 167 Å². The molecule has 0 fully saturated rings. The van der Waals surface area contributed by atoms with Gasteiger partial charge in [0, 0.05) is 19.4 Å². The van der Waals surface area contributed by atoms with E-state index in [1.807, 2.05) is 0 Å². The summed E-state index contributed by atoms with van der Waals surface area (Å²) in [4.78, 5) is 25.4. The molecule has 0 saturated carbocycles. The van der Waals surface area contributed by atoms with Crippen LogP contribution in [-0.4, -0.2) is 37.9 Å². The third-order valence-electron chi connectivity index (χ3n) is 11.9.